The molecule has 1 fully saturated rings. The van der Waals surface area contributed by atoms with Gasteiger partial charge in [0.25, 0.3) is 0 Å². The van der Waals surface area contributed by atoms with Crippen molar-refractivity contribution in [2.45, 2.75) is 32.1 Å². The van der Waals surface area contributed by atoms with E-state index < -0.39 is 5.97 Å². The van der Waals surface area contributed by atoms with Crippen LogP contribution in [0.5, 0.6) is 0 Å². The van der Waals surface area contributed by atoms with Crippen LogP contribution in [0.3, 0.4) is 0 Å². The van der Waals surface area contributed by atoms with Crippen molar-refractivity contribution in [3.05, 3.63) is 52.2 Å². The maximum atomic E-state index is 12.1. The van der Waals surface area contributed by atoms with E-state index in [9.17, 15) is 9.59 Å². The van der Waals surface area contributed by atoms with Crippen molar-refractivity contribution in [3.63, 3.8) is 0 Å². The second kappa shape index (κ2) is 5.48. The number of hydrogen-bond donors (Lipinski definition) is 1. The van der Waals surface area contributed by atoms with Crippen LogP contribution in [0.15, 0.2) is 35.3 Å². The molecule has 0 aliphatic heterocycles. The van der Waals surface area contributed by atoms with Gasteiger partial charge in [-0.1, -0.05) is 12.1 Å². The normalized spacial score (nSPS) is 15.7. The monoisotopic (exact) mass is 300 g/mol. The maximum absolute atomic E-state index is 12.1. The number of nitrogens with zero attached hydrogens (tertiary/aromatic N) is 2. The molecule has 0 radical (unpaired) electrons. The van der Waals surface area contributed by atoms with Gasteiger partial charge in [0.1, 0.15) is 0 Å². The molecule has 0 saturated heterocycles. The molecule has 5 heteroatoms. The Kier molecular flexibility index (Phi) is 3.64. The first-order valence-corrected chi connectivity index (χ1v) is 7.54. The SMILES string of the molecule is Cc1cn(C)c(=O)n1-c1ccc(C(CC(=O)O)C2CC2)cc1. The molecule has 1 atom stereocenters. The summed E-state index contributed by atoms with van der Waals surface area (Å²) in [7, 11) is 1.73. The molecule has 1 aliphatic carbocycles. The van der Waals surface area contributed by atoms with Gasteiger partial charge in [0.2, 0.25) is 0 Å². The van der Waals surface area contributed by atoms with E-state index >= 15 is 0 Å². The number of aliphatic carboxylic acids is 1. The molecule has 5 nitrogen and oxygen atoms in total. The van der Waals surface area contributed by atoms with Crippen LogP contribution < -0.4 is 5.69 Å². The topological polar surface area (TPSA) is 64.2 Å². The van der Waals surface area contributed by atoms with Crippen molar-refractivity contribution in [2.75, 3.05) is 0 Å². The number of rotatable bonds is 5. The lowest BCUT2D eigenvalue weighted by Crippen LogP contribution is -2.21. The first kappa shape index (κ1) is 14.6. The summed E-state index contributed by atoms with van der Waals surface area (Å²) in [4.78, 5) is 23.2. The minimum absolute atomic E-state index is 0.0745. The number of hydrogen-bond acceptors (Lipinski definition) is 2. The molecule has 0 bridgehead atoms. The van der Waals surface area contributed by atoms with E-state index in [1.165, 1.54) is 0 Å². The molecule has 3 rings (SSSR count). The molecule has 1 saturated carbocycles. The molecular formula is C17H20N2O3. The molecule has 0 amide bonds. The summed E-state index contributed by atoms with van der Waals surface area (Å²) in [6.45, 7) is 1.90. The standard InChI is InChI=1S/C17H20N2O3/c1-11-10-18(2)17(22)19(11)14-7-5-13(6-8-14)15(9-16(20)21)12-3-4-12/h5-8,10,12,15H,3-4,9H2,1-2H3,(H,20,21). The van der Waals surface area contributed by atoms with Gasteiger partial charge in [-0.3, -0.25) is 9.36 Å². The summed E-state index contributed by atoms with van der Waals surface area (Å²) in [6, 6.07) is 7.72. The quantitative estimate of drug-likeness (QED) is 0.922. The second-order valence-electron chi connectivity index (χ2n) is 6.13. The predicted octanol–water partition coefficient (Wildman–Crippen LogP) is 2.45. The van der Waals surface area contributed by atoms with Crippen LogP contribution in [0, 0.1) is 12.8 Å². The molecule has 1 aliphatic rings. The highest BCUT2D eigenvalue weighted by Gasteiger charge is 2.33. The maximum Gasteiger partial charge on any atom is 0.332 e. The zero-order chi connectivity index (χ0) is 15.9. The second-order valence-corrected chi connectivity index (χ2v) is 6.13. The van der Waals surface area contributed by atoms with Gasteiger partial charge in [0.05, 0.1) is 12.1 Å². The molecule has 22 heavy (non-hydrogen) atoms. The number of carbonyl (C=O) groups is 1. The lowest BCUT2D eigenvalue weighted by atomic mass is 9.91. The summed E-state index contributed by atoms with van der Waals surface area (Å²) < 4.78 is 3.22. The lowest BCUT2D eigenvalue weighted by molar-refractivity contribution is -0.137. The fourth-order valence-corrected chi connectivity index (χ4v) is 3.13. The van der Waals surface area contributed by atoms with Crippen LogP contribution >= 0.6 is 0 Å². The number of aromatic nitrogens is 2. The van der Waals surface area contributed by atoms with E-state index in [-0.39, 0.29) is 18.0 Å². The van der Waals surface area contributed by atoms with Crippen molar-refractivity contribution in [1.82, 2.24) is 9.13 Å². The summed E-state index contributed by atoms with van der Waals surface area (Å²) in [6.07, 6.45) is 4.19. The van der Waals surface area contributed by atoms with E-state index in [2.05, 4.69) is 0 Å². The van der Waals surface area contributed by atoms with Crippen LogP contribution in [0.4, 0.5) is 0 Å². The third kappa shape index (κ3) is 2.71. The van der Waals surface area contributed by atoms with E-state index in [0.29, 0.717) is 5.92 Å². The summed E-state index contributed by atoms with van der Waals surface area (Å²) >= 11 is 0. The van der Waals surface area contributed by atoms with Gasteiger partial charge in [0, 0.05) is 18.9 Å². The summed E-state index contributed by atoms with van der Waals surface area (Å²) in [5.74, 6) is -0.181. The Morgan fingerprint density at radius 3 is 2.41 bits per heavy atom. The van der Waals surface area contributed by atoms with Crippen molar-refractivity contribution in [1.29, 1.82) is 0 Å². The van der Waals surface area contributed by atoms with Gasteiger partial charge >= 0.3 is 11.7 Å². The predicted molar refractivity (Wildman–Crippen MR) is 83.5 cm³/mol. The van der Waals surface area contributed by atoms with Gasteiger partial charge in [0.15, 0.2) is 0 Å². The smallest absolute Gasteiger partial charge is 0.332 e. The van der Waals surface area contributed by atoms with Crippen molar-refractivity contribution < 1.29 is 9.90 Å². The molecule has 0 spiro atoms. The Balaban J connectivity index is 1.92. The minimum Gasteiger partial charge on any atom is -0.481 e. The fraction of sp³-hybridized carbons (Fsp3) is 0.412. The number of carboxylic acid groups (broad SMARTS) is 1. The highest BCUT2D eigenvalue weighted by Crippen LogP contribution is 2.44. The molecule has 1 N–H and O–H groups in total. The Morgan fingerprint density at radius 1 is 1.32 bits per heavy atom. The fourth-order valence-electron chi connectivity index (χ4n) is 3.13. The highest BCUT2D eigenvalue weighted by molar-refractivity contribution is 5.68. The molecule has 116 valence electrons. The third-order valence-electron chi connectivity index (χ3n) is 4.39. The minimum atomic E-state index is -0.754. The van der Waals surface area contributed by atoms with Crippen LogP contribution in [-0.4, -0.2) is 20.2 Å². The van der Waals surface area contributed by atoms with Gasteiger partial charge in [-0.05, 0) is 49.3 Å². The Bertz CT molecular complexity index is 751. The number of aryl methyl sites for hydroxylation is 2. The van der Waals surface area contributed by atoms with Crippen molar-refractivity contribution in [2.24, 2.45) is 13.0 Å². The molecule has 1 aromatic heterocycles. The van der Waals surface area contributed by atoms with Gasteiger partial charge in [-0.15, -0.1) is 0 Å². The average Bonchev–Trinajstić information content (AvgIpc) is 3.26. The van der Waals surface area contributed by atoms with Crippen molar-refractivity contribution in [3.8, 4) is 5.69 Å². The van der Waals surface area contributed by atoms with Crippen molar-refractivity contribution >= 4 is 5.97 Å². The zero-order valence-corrected chi connectivity index (χ0v) is 12.8. The highest BCUT2D eigenvalue weighted by atomic mass is 16.4. The van der Waals surface area contributed by atoms with Gasteiger partial charge in [-0.2, -0.15) is 0 Å². The van der Waals surface area contributed by atoms with Crippen LogP contribution in [0.1, 0.15) is 36.4 Å². The Hall–Kier alpha value is -2.30. The molecule has 2 aromatic rings. The number of imidazole rings is 1. The first-order chi connectivity index (χ1) is 10.5. The first-order valence-electron chi connectivity index (χ1n) is 7.54. The third-order valence-corrected chi connectivity index (χ3v) is 4.39. The van der Waals surface area contributed by atoms with Gasteiger partial charge in [-0.25, -0.2) is 4.79 Å². The largest absolute Gasteiger partial charge is 0.481 e. The van der Waals surface area contributed by atoms with E-state index in [4.69, 9.17) is 5.11 Å². The van der Waals surface area contributed by atoms with E-state index in [1.807, 2.05) is 31.2 Å². The van der Waals surface area contributed by atoms with E-state index in [0.717, 1.165) is 29.8 Å². The number of benzene rings is 1. The molecular weight excluding hydrogens is 280 g/mol. The Morgan fingerprint density at radius 2 is 1.95 bits per heavy atom. The van der Waals surface area contributed by atoms with Crippen LogP contribution in [0.2, 0.25) is 0 Å². The van der Waals surface area contributed by atoms with Crippen LogP contribution in [-0.2, 0) is 11.8 Å². The number of carboxylic acids is 1. The van der Waals surface area contributed by atoms with Gasteiger partial charge < -0.3 is 9.67 Å². The molecule has 1 heterocycles. The molecule has 1 aromatic carbocycles. The lowest BCUT2D eigenvalue weighted by Gasteiger charge is -2.15. The summed E-state index contributed by atoms with van der Waals surface area (Å²) in [5.41, 5.74) is 2.67. The average molecular weight is 300 g/mol. The van der Waals surface area contributed by atoms with Crippen LogP contribution in [0.25, 0.3) is 5.69 Å². The summed E-state index contributed by atoms with van der Waals surface area (Å²) in [5, 5.41) is 9.08. The Labute approximate surface area is 128 Å². The molecule has 1 unspecified atom stereocenters. The zero-order valence-electron chi connectivity index (χ0n) is 12.8. The van der Waals surface area contributed by atoms with E-state index in [1.54, 1.807) is 22.4 Å².